The number of ether oxygens (including phenoxy) is 2. The van der Waals surface area contributed by atoms with Crippen molar-refractivity contribution in [3.63, 3.8) is 0 Å². The van der Waals surface area contributed by atoms with E-state index in [4.69, 9.17) is 21.1 Å². The third kappa shape index (κ3) is 3.12. The van der Waals surface area contributed by atoms with Crippen LogP contribution in [0.3, 0.4) is 0 Å². The Balaban J connectivity index is 1.91. The molecule has 2 nitrogen and oxygen atoms in total. The predicted molar refractivity (Wildman–Crippen MR) is 68.2 cm³/mol. The van der Waals surface area contributed by atoms with Crippen LogP contribution in [0.4, 0.5) is 0 Å². The molecule has 1 heterocycles. The van der Waals surface area contributed by atoms with Crippen molar-refractivity contribution >= 4 is 27.5 Å². The molecule has 0 amide bonds. The van der Waals surface area contributed by atoms with Gasteiger partial charge in [0, 0.05) is 13.2 Å². The summed E-state index contributed by atoms with van der Waals surface area (Å²) >= 11 is 9.41. The summed E-state index contributed by atoms with van der Waals surface area (Å²) in [6.07, 6.45) is 2.16. The molecule has 0 aliphatic carbocycles. The van der Waals surface area contributed by atoms with Gasteiger partial charge in [-0.2, -0.15) is 0 Å². The van der Waals surface area contributed by atoms with Crippen LogP contribution < -0.4 is 4.74 Å². The highest BCUT2D eigenvalue weighted by Crippen LogP contribution is 2.32. The molecule has 1 aromatic rings. The molecule has 1 saturated heterocycles. The van der Waals surface area contributed by atoms with E-state index in [2.05, 4.69) is 15.9 Å². The van der Waals surface area contributed by atoms with Gasteiger partial charge in [0.1, 0.15) is 5.75 Å². The summed E-state index contributed by atoms with van der Waals surface area (Å²) in [6.45, 7) is 2.44. The van der Waals surface area contributed by atoms with Gasteiger partial charge in [-0.3, -0.25) is 0 Å². The summed E-state index contributed by atoms with van der Waals surface area (Å²) in [7, 11) is 0. The zero-order valence-electron chi connectivity index (χ0n) is 8.92. The lowest BCUT2D eigenvalue weighted by atomic mass is 10.0. The SMILES string of the molecule is Clc1cccc(OCC2CCOCC2)c1Br. The van der Waals surface area contributed by atoms with Gasteiger partial charge in [-0.05, 0) is 46.8 Å². The first-order valence-corrected chi connectivity index (χ1v) is 6.59. The Kier molecular flexibility index (Phi) is 4.50. The molecule has 16 heavy (non-hydrogen) atoms. The average Bonchev–Trinajstić information content (AvgIpc) is 2.32. The van der Waals surface area contributed by atoms with Gasteiger partial charge in [0.2, 0.25) is 0 Å². The second kappa shape index (κ2) is 5.89. The first-order valence-electron chi connectivity index (χ1n) is 5.42. The van der Waals surface area contributed by atoms with Crippen molar-refractivity contribution in [2.75, 3.05) is 19.8 Å². The van der Waals surface area contributed by atoms with Gasteiger partial charge in [-0.1, -0.05) is 17.7 Å². The maximum atomic E-state index is 5.99. The molecule has 0 unspecified atom stereocenters. The molecule has 88 valence electrons. The zero-order chi connectivity index (χ0) is 11.4. The van der Waals surface area contributed by atoms with Crippen LogP contribution in [-0.4, -0.2) is 19.8 Å². The standard InChI is InChI=1S/C12H14BrClO2/c13-12-10(14)2-1-3-11(12)16-8-9-4-6-15-7-5-9/h1-3,9H,4-8H2. The predicted octanol–water partition coefficient (Wildman–Crippen LogP) is 3.91. The minimum absolute atomic E-state index is 0.597. The van der Waals surface area contributed by atoms with Crippen LogP contribution in [0.2, 0.25) is 5.02 Å². The van der Waals surface area contributed by atoms with Gasteiger partial charge < -0.3 is 9.47 Å². The molecular weight excluding hydrogens is 291 g/mol. The van der Waals surface area contributed by atoms with Gasteiger partial charge in [0.25, 0.3) is 0 Å². The van der Waals surface area contributed by atoms with Crippen LogP contribution in [0.25, 0.3) is 0 Å². The Morgan fingerprint density at radius 1 is 1.38 bits per heavy atom. The van der Waals surface area contributed by atoms with E-state index in [0.29, 0.717) is 10.9 Å². The smallest absolute Gasteiger partial charge is 0.134 e. The Morgan fingerprint density at radius 3 is 2.88 bits per heavy atom. The van der Waals surface area contributed by atoms with Crippen LogP contribution in [-0.2, 0) is 4.74 Å². The molecule has 0 spiro atoms. The van der Waals surface area contributed by atoms with Crippen molar-refractivity contribution in [2.45, 2.75) is 12.8 Å². The lowest BCUT2D eigenvalue weighted by Crippen LogP contribution is -2.21. The van der Waals surface area contributed by atoms with Gasteiger partial charge in [0.05, 0.1) is 16.1 Å². The van der Waals surface area contributed by atoms with Crippen molar-refractivity contribution in [2.24, 2.45) is 5.92 Å². The van der Waals surface area contributed by atoms with Crippen LogP contribution in [0.5, 0.6) is 5.75 Å². The molecule has 2 rings (SSSR count). The summed E-state index contributed by atoms with van der Waals surface area (Å²) in [6, 6.07) is 5.66. The van der Waals surface area contributed by atoms with E-state index in [1.807, 2.05) is 18.2 Å². The fourth-order valence-electron chi connectivity index (χ4n) is 1.72. The molecule has 0 bridgehead atoms. The van der Waals surface area contributed by atoms with Crippen LogP contribution >= 0.6 is 27.5 Å². The average molecular weight is 306 g/mol. The van der Waals surface area contributed by atoms with Gasteiger partial charge >= 0.3 is 0 Å². The van der Waals surface area contributed by atoms with Crippen molar-refractivity contribution < 1.29 is 9.47 Å². The zero-order valence-corrected chi connectivity index (χ0v) is 11.3. The van der Waals surface area contributed by atoms with E-state index in [-0.39, 0.29) is 0 Å². The van der Waals surface area contributed by atoms with Crippen molar-refractivity contribution in [1.29, 1.82) is 0 Å². The quantitative estimate of drug-likeness (QED) is 0.843. The molecule has 1 aliphatic heterocycles. The molecule has 1 aliphatic rings. The number of hydrogen-bond donors (Lipinski definition) is 0. The molecular formula is C12H14BrClO2. The molecule has 4 heteroatoms. The molecule has 0 aromatic heterocycles. The van der Waals surface area contributed by atoms with E-state index in [0.717, 1.165) is 42.9 Å². The summed E-state index contributed by atoms with van der Waals surface area (Å²) in [5.74, 6) is 1.42. The van der Waals surface area contributed by atoms with Gasteiger partial charge in [0.15, 0.2) is 0 Å². The number of hydrogen-bond acceptors (Lipinski definition) is 2. The van der Waals surface area contributed by atoms with Crippen molar-refractivity contribution in [1.82, 2.24) is 0 Å². The van der Waals surface area contributed by atoms with Crippen molar-refractivity contribution in [3.05, 3.63) is 27.7 Å². The third-order valence-corrected chi connectivity index (χ3v) is 4.09. The summed E-state index contributed by atoms with van der Waals surface area (Å²) in [5.41, 5.74) is 0. The fourth-order valence-corrected chi connectivity index (χ4v) is 2.26. The summed E-state index contributed by atoms with van der Waals surface area (Å²) < 4.78 is 11.9. The maximum Gasteiger partial charge on any atom is 0.134 e. The van der Waals surface area contributed by atoms with E-state index in [1.54, 1.807) is 0 Å². The molecule has 0 N–H and O–H groups in total. The highest BCUT2D eigenvalue weighted by atomic mass is 79.9. The Hall–Kier alpha value is -0.250. The third-order valence-electron chi connectivity index (χ3n) is 2.73. The Morgan fingerprint density at radius 2 is 2.12 bits per heavy atom. The van der Waals surface area contributed by atoms with E-state index >= 15 is 0 Å². The van der Waals surface area contributed by atoms with Crippen LogP contribution in [0.15, 0.2) is 22.7 Å². The summed E-state index contributed by atoms with van der Waals surface area (Å²) in [4.78, 5) is 0. The number of halogens is 2. The largest absolute Gasteiger partial charge is 0.492 e. The number of benzene rings is 1. The van der Waals surface area contributed by atoms with Crippen LogP contribution in [0, 0.1) is 5.92 Å². The van der Waals surface area contributed by atoms with Crippen LogP contribution in [0.1, 0.15) is 12.8 Å². The first kappa shape index (κ1) is 12.2. The van der Waals surface area contributed by atoms with Crippen molar-refractivity contribution in [3.8, 4) is 5.75 Å². The summed E-state index contributed by atoms with van der Waals surface area (Å²) in [5, 5.41) is 0.685. The molecule has 0 atom stereocenters. The Bertz CT molecular complexity index is 351. The normalized spacial score (nSPS) is 17.4. The molecule has 1 fully saturated rings. The van der Waals surface area contributed by atoms with Gasteiger partial charge in [-0.15, -0.1) is 0 Å². The molecule has 0 saturated carbocycles. The highest BCUT2D eigenvalue weighted by molar-refractivity contribution is 9.10. The van der Waals surface area contributed by atoms with E-state index in [9.17, 15) is 0 Å². The monoisotopic (exact) mass is 304 g/mol. The Labute approximate surface area is 109 Å². The lowest BCUT2D eigenvalue weighted by molar-refractivity contribution is 0.0496. The molecule has 0 radical (unpaired) electrons. The minimum atomic E-state index is 0.597. The lowest BCUT2D eigenvalue weighted by Gasteiger charge is -2.22. The van der Waals surface area contributed by atoms with Gasteiger partial charge in [-0.25, -0.2) is 0 Å². The topological polar surface area (TPSA) is 18.5 Å². The minimum Gasteiger partial charge on any atom is -0.492 e. The second-order valence-electron chi connectivity index (χ2n) is 3.92. The number of rotatable bonds is 3. The fraction of sp³-hybridized carbons (Fsp3) is 0.500. The highest BCUT2D eigenvalue weighted by Gasteiger charge is 2.15. The molecule has 1 aromatic carbocycles. The second-order valence-corrected chi connectivity index (χ2v) is 5.12. The van der Waals surface area contributed by atoms with E-state index < -0.39 is 0 Å². The first-order chi connectivity index (χ1) is 7.77. The maximum absolute atomic E-state index is 5.99. The van der Waals surface area contributed by atoms with E-state index in [1.165, 1.54) is 0 Å².